The van der Waals surface area contributed by atoms with Crippen LogP contribution in [0.2, 0.25) is 0 Å². The summed E-state index contributed by atoms with van der Waals surface area (Å²) in [5.74, 6) is -1.46. The van der Waals surface area contributed by atoms with Crippen LogP contribution in [0.1, 0.15) is 11.1 Å². The molecule has 5 nitrogen and oxygen atoms in total. The Morgan fingerprint density at radius 2 is 1.92 bits per heavy atom. The third kappa shape index (κ3) is 3.95. The maximum atomic E-state index is 12.8. The van der Waals surface area contributed by atoms with E-state index < -0.39 is 17.9 Å². The molecule has 2 N–H and O–H groups in total. The summed E-state index contributed by atoms with van der Waals surface area (Å²) >= 11 is 6.33. The molecule has 0 radical (unpaired) electrons. The van der Waals surface area contributed by atoms with Crippen molar-refractivity contribution in [1.29, 1.82) is 0 Å². The number of amides is 1. The molecule has 0 spiro atoms. The number of hydrogen-bond acceptors (Lipinski definition) is 5. The second-order valence-electron chi connectivity index (χ2n) is 5.69. The van der Waals surface area contributed by atoms with E-state index >= 15 is 0 Å². The van der Waals surface area contributed by atoms with Crippen LogP contribution in [0.25, 0.3) is 6.08 Å². The fourth-order valence-corrected chi connectivity index (χ4v) is 4.00. The van der Waals surface area contributed by atoms with Crippen molar-refractivity contribution >= 4 is 46.3 Å². The van der Waals surface area contributed by atoms with E-state index in [0.717, 1.165) is 22.2 Å². The molecule has 132 valence electrons. The van der Waals surface area contributed by atoms with Gasteiger partial charge in [-0.05, 0) is 29.3 Å². The summed E-state index contributed by atoms with van der Waals surface area (Å²) in [4.78, 5) is 26.0. The van der Waals surface area contributed by atoms with Gasteiger partial charge >= 0.3 is 5.97 Å². The molecule has 0 unspecified atom stereocenters. The van der Waals surface area contributed by atoms with Gasteiger partial charge in [0.05, 0.1) is 4.91 Å². The molecule has 1 amide bonds. The van der Waals surface area contributed by atoms with Gasteiger partial charge in [-0.3, -0.25) is 9.69 Å². The molecule has 1 aliphatic rings. The highest BCUT2D eigenvalue weighted by Crippen LogP contribution is 2.35. The molecule has 0 saturated carbocycles. The van der Waals surface area contributed by atoms with Crippen LogP contribution in [0.4, 0.5) is 0 Å². The zero-order valence-corrected chi connectivity index (χ0v) is 15.2. The summed E-state index contributed by atoms with van der Waals surface area (Å²) in [7, 11) is 0. The Kier molecular flexibility index (Phi) is 5.39. The zero-order chi connectivity index (χ0) is 18.7. The van der Waals surface area contributed by atoms with Gasteiger partial charge in [-0.1, -0.05) is 66.4 Å². The lowest BCUT2D eigenvalue weighted by molar-refractivity contribution is -0.145. The summed E-state index contributed by atoms with van der Waals surface area (Å²) in [6.07, 6.45) is 1.77. The molecule has 26 heavy (non-hydrogen) atoms. The number of thiocarbonyl (C=S) groups is 1. The number of phenols is 1. The van der Waals surface area contributed by atoms with Crippen LogP contribution in [0.15, 0.2) is 59.5 Å². The van der Waals surface area contributed by atoms with E-state index in [1.54, 1.807) is 18.2 Å². The van der Waals surface area contributed by atoms with Crippen molar-refractivity contribution in [2.45, 2.75) is 12.5 Å². The van der Waals surface area contributed by atoms with Crippen molar-refractivity contribution in [1.82, 2.24) is 4.90 Å². The number of carbonyl (C=O) groups is 2. The predicted octanol–water partition coefficient (Wildman–Crippen LogP) is 3.29. The summed E-state index contributed by atoms with van der Waals surface area (Å²) in [6.45, 7) is 0. The van der Waals surface area contributed by atoms with Gasteiger partial charge in [-0.25, -0.2) is 4.79 Å². The van der Waals surface area contributed by atoms with Crippen molar-refractivity contribution < 1.29 is 19.8 Å². The van der Waals surface area contributed by atoms with Gasteiger partial charge in [-0.15, -0.1) is 0 Å². The average Bonchev–Trinajstić information content (AvgIpc) is 2.87. The standard InChI is InChI=1S/C19H15NO4S2/c21-14-8-4-7-13(9-14)11-16-17(22)20(19(25)26-16)15(18(23)24)10-12-5-2-1-3-6-12/h1-9,11,15,21H,10H2,(H,23,24)/b16-11-/t15-/m1/s1. The fraction of sp³-hybridized carbons (Fsp3) is 0.105. The van der Waals surface area contributed by atoms with Crippen molar-refractivity contribution in [2.24, 2.45) is 0 Å². The summed E-state index contributed by atoms with van der Waals surface area (Å²) in [5.41, 5.74) is 1.45. The first-order valence-electron chi connectivity index (χ1n) is 7.78. The second-order valence-corrected chi connectivity index (χ2v) is 7.37. The summed E-state index contributed by atoms with van der Waals surface area (Å²) in [6, 6.07) is 14.5. The molecule has 0 aliphatic carbocycles. The van der Waals surface area contributed by atoms with E-state index in [2.05, 4.69) is 0 Å². The Labute approximate surface area is 160 Å². The van der Waals surface area contributed by atoms with Gasteiger partial charge in [0.15, 0.2) is 0 Å². The van der Waals surface area contributed by atoms with Gasteiger partial charge in [0.25, 0.3) is 5.91 Å². The molecule has 7 heteroatoms. The highest BCUT2D eigenvalue weighted by atomic mass is 32.2. The first-order valence-corrected chi connectivity index (χ1v) is 9.01. The van der Waals surface area contributed by atoms with Gasteiger partial charge in [0.1, 0.15) is 16.1 Å². The lowest BCUT2D eigenvalue weighted by Gasteiger charge is -2.23. The molecule has 1 aliphatic heterocycles. The topological polar surface area (TPSA) is 77.8 Å². The SMILES string of the molecule is O=C(O)[C@@H](Cc1ccccc1)N1C(=O)/C(=C/c2cccc(O)c2)SC1=S. The highest BCUT2D eigenvalue weighted by molar-refractivity contribution is 8.26. The first-order chi connectivity index (χ1) is 12.5. The van der Waals surface area contributed by atoms with Gasteiger partial charge in [0, 0.05) is 6.42 Å². The predicted molar refractivity (Wildman–Crippen MR) is 105 cm³/mol. The first kappa shape index (κ1) is 18.2. The van der Waals surface area contributed by atoms with Crippen LogP contribution >= 0.6 is 24.0 Å². The number of rotatable bonds is 5. The van der Waals surface area contributed by atoms with Crippen molar-refractivity contribution in [3.05, 3.63) is 70.6 Å². The molecular formula is C19H15NO4S2. The number of benzene rings is 2. The molecular weight excluding hydrogens is 370 g/mol. The molecule has 0 bridgehead atoms. The van der Waals surface area contributed by atoms with Crippen LogP contribution in [-0.2, 0) is 16.0 Å². The minimum Gasteiger partial charge on any atom is -0.508 e. The summed E-state index contributed by atoms with van der Waals surface area (Å²) in [5, 5.41) is 19.2. The second kappa shape index (κ2) is 7.72. The Morgan fingerprint density at radius 1 is 1.19 bits per heavy atom. The van der Waals surface area contributed by atoms with Crippen LogP contribution in [0.5, 0.6) is 5.75 Å². The minimum atomic E-state index is -1.11. The van der Waals surface area contributed by atoms with Crippen LogP contribution in [0.3, 0.4) is 0 Å². The molecule has 3 rings (SSSR count). The average molecular weight is 385 g/mol. The van der Waals surface area contributed by atoms with Crippen molar-refractivity contribution in [3.63, 3.8) is 0 Å². The Morgan fingerprint density at radius 3 is 2.58 bits per heavy atom. The van der Waals surface area contributed by atoms with E-state index in [0.29, 0.717) is 10.5 Å². The molecule has 2 aromatic carbocycles. The molecule has 2 aromatic rings. The van der Waals surface area contributed by atoms with E-state index in [9.17, 15) is 19.8 Å². The van der Waals surface area contributed by atoms with E-state index in [1.165, 1.54) is 12.1 Å². The largest absolute Gasteiger partial charge is 0.508 e. The van der Waals surface area contributed by atoms with E-state index in [-0.39, 0.29) is 16.5 Å². The van der Waals surface area contributed by atoms with E-state index in [1.807, 2.05) is 30.3 Å². The Hall–Kier alpha value is -2.64. The number of hydrogen-bond donors (Lipinski definition) is 2. The van der Waals surface area contributed by atoms with Crippen LogP contribution < -0.4 is 0 Å². The molecule has 1 heterocycles. The molecule has 1 fully saturated rings. The smallest absolute Gasteiger partial charge is 0.327 e. The number of phenolic OH excluding ortho intramolecular Hbond substituents is 1. The summed E-state index contributed by atoms with van der Waals surface area (Å²) < 4.78 is 0.213. The van der Waals surface area contributed by atoms with Gasteiger partial charge in [0.2, 0.25) is 0 Å². The minimum absolute atomic E-state index is 0.0849. The number of aliphatic carboxylic acids is 1. The number of nitrogens with zero attached hydrogens (tertiary/aromatic N) is 1. The number of aromatic hydroxyl groups is 1. The number of carbonyl (C=O) groups excluding carboxylic acids is 1. The third-order valence-corrected chi connectivity index (χ3v) is 5.19. The van der Waals surface area contributed by atoms with Crippen molar-refractivity contribution in [2.75, 3.05) is 0 Å². The van der Waals surface area contributed by atoms with Crippen LogP contribution in [0, 0.1) is 0 Å². The monoisotopic (exact) mass is 385 g/mol. The zero-order valence-electron chi connectivity index (χ0n) is 13.5. The third-order valence-electron chi connectivity index (χ3n) is 3.86. The number of carboxylic acids is 1. The Balaban J connectivity index is 1.88. The maximum absolute atomic E-state index is 12.8. The van der Waals surface area contributed by atoms with Crippen LogP contribution in [-0.4, -0.2) is 37.4 Å². The quantitative estimate of drug-likeness (QED) is 0.607. The fourth-order valence-electron chi connectivity index (χ4n) is 2.64. The molecule has 1 atom stereocenters. The maximum Gasteiger partial charge on any atom is 0.327 e. The van der Waals surface area contributed by atoms with Gasteiger partial charge in [-0.2, -0.15) is 0 Å². The molecule has 1 saturated heterocycles. The number of thioether (sulfide) groups is 1. The molecule has 0 aromatic heterocycles. The van der Waals surface area contributed by atoms with Crippen molar-refractivity contribution in [3.8, 4) is 5.75 Å². The Bertz CT molecular complexity index is 895. The highest BCUT2D eigenvalue weighted by Gasteiger charge is 2.40. The van der Waals surface area contributed by atoms with Gasteiger partial charge < -0.3 is 10.2 Å². The van der Waals surface area contributed by atoms with E-state index in [4.69, 9.17) is 12.2 Å². The lowest BCUT2D eigenvalue weighted by Crippen LogP contribution is -2.45. The number of carboxylic acid groups (broad SMARTS) is 1. The lowest BCUT2D eigenvalue weighted by atomic mass is 10.0. The normalized spacial score (nSPS) is 16.9.